The lowest BCUT2D eigenvalue weighted by molar-refractivity contribution is -0.142. The fraction of sp³-hybridized carbons (Fsp3) is 0.462. The summed E-state index contributed by atoms with van der Waals surface area (Å²) in [4.78, 5) is 11.4. The number of hydrogen-bond donors (Lipinski definition) is 0. The fourth-order valence-electron chi connectivity index (χ4n) is 1.70. The molecule has 3 heteroatoms. The molecule has 0 atom stereocenters. The predicted molar refractivity (Wildman–Crippen MR) is 68.9 cm³/mol. The Morgan fingerprint density at radius 1 is 1.31 bits per heavy atom. The smallest absolute Gasteiger partial charge is 0.310 e. The van der Waals surface area contributed by atoms with Crippen molar-refractivity contribution in [3.05, 3.63) is 34.4 Å². The number of alkyl halides is 1. The molecule has 1 aromatic rings. The molecule has 0 heterocycles. The molecule has 0 saturated heterocycles. The minimum Gasteiger partial charge on any atom is -0.466 e. The maximum atomic E-state index is 11.4. The number of esters is 1. The summed E-state index contributed by atoms with van der Waals surface area (Å²) in [7, 11) is 0. The van der Waals surface area contributed by atoms with Gasteiger partial charge in [-0.05, 0) is 37.5 Å². The van der Waals surface area contributed by atoms with Gasteiger partial charge in [0.05, 0.1) is 13.0 Å². The normalized spacial score (nSPS) is 10.2. The zero-order valence-corrected chi connectivity index (χ0v) is 11.6. The Bertz CT molecular complexity index is 386. The van der Waals surface area contributed by atoms with Crippen molar-refractivity contribution in [2.24, 2.45) is 0 Å². The van der Waals surface area contributed by atoms with Crippen LogP contribution in [-0.4, -0.2) is 12.6 Å². The molecule has 88 valence electrons. The van der Waals surface area contributed by atoms with Crippen LogP contribution in [0.2, 0.25) is 0 Å². The summed E-state index contributed by atoms with van der Waals surface area (Å²) >= 11 is 3.46. The van der Waals surface area contributed by atoms with Gasteiger partial charge in [-0.3, -0.25) is 4.79 Å². The number of ether oxygens (including phenoxy) is 1. The molecule has 0 N–H and O–H groups in total. The minimum absolute atomic E-state index is 0.156. The van der Waals surface area contributed by atoms with Gasteiger partial charge in [0.25, 0.3) is 0 Å². The molecule has 1 rings (SSSR count). The Morgan fingerprint density at radius 3 is 2.50 bits per heavy atom. The van der Waals surface area contributed by atoms with Gasteiger partial charge in [-0.25, -0.2) is 0 Å². The van der Waals surface area contributed by atoms with Crippen LogP contribution in [0.15, 0.2) is 12.1 Å². The second-order valence-corrected chi connectivity index (χ2v) is 4.38. The quantitative estimate of drug-likeness (QED) is 0.626. The van der Waals surface area contributed by atoms with E-state index in [0.717, 1.165) is 10.9 Å². The molecule has 0 aliphatic rings. The van der Waals surface area contributed by atoms with Crippen molar-refractivity contribution < 1.29 is 9.53 Å². The van der Waals surface area contributed by atoms with Gasteiger partial charge in [-0.2, -0.15) is 0 Å². The van der Waals surface area contributed by atoms with Crippen LogP contribution in [0.4, 0.5) is 0 Å². The average Bonchev–Trinajstić information content (AvgIpc) is 2.23. The number of halogens is 1. The Balaban J connectivity index is 2.95. The summed E-state index contributed by atoms with van der Waals surface area (Å²) in [6.45, 7) is 6.35. The van der Waals surface area contributed by atoms with Gasteiger partial charge in [-0.1, -0.05) is 33.6 Å². The van der Waals surface area contributed by atoms with E-state index in [1.807, 2.05) is 20.8 Å². The summed E-state index contributed by atoms with van der Waals surface area (Å²) < 4.78 is 4.96. The first-order valence-electron chi connectivity index (χ1n) is 5.39. The van der Waals surface area contributed by atoms with Crippen LogP contribution in [0.3, 0.4) is 0 Å². The maximum absolute atomic E-state index is 11.4. The number of rotatable bonds is 4. The van der Waals surface area contributed by atoms with Crippen molar-refractivity contribution in [2.45, 2.75) is 32.5 Å². The first kappa shape index (κ1) is 13.2. The minimum atomic E-state index is -0.156. The van der Waals surface area contributed by atoms with Gasteiger partial charge >= 0.3 is 5.97 Å². The van der Waals surface area contributed by atoms with Crippen LogP contribution in [0.25, 0.3) is 0 Å². The second kappa shape index (κ2) is 6.04. The van der Waals surface area contributed by atoms with E-state index in [0.29, 0.717) is 13.0 Å². The van der Waals surface area contributed by atoms with Crippen LogP contribution >= 0.6 is 15.9 Å². The number of hydrogen-bond acceptors (Lipinski definition) is 2. The lowest BCUT2D eigenvalue weighted by atomic mass is 9.98. The Kier molecular flexibility index (Phi) is 5.00. The molecule has 0 amide bonds. The van der Waals surface area contributed by atoms with Gasteiger partial charge in [0.15, 0.2) is 0 Å². The van der Waals surface area contributed by atoms with Gasteiger partial charge in [0.2, 0.25) is 0 Å². The standard InChI is InChI=1S/C13H17BrO2/c1-4-16-13(15)7-11-5-9(2)6-12(8-14)10(11)3/h5-6H,4,7-8H2,1-3H3. The van der Waals surface area contributed by atoms with E-state index < -0.39 is 0 Å². The number of benzene rings is 1. The summed E-state index contributed by atoms with van der Waals surface area (Å²) in [5, 5.41) is 0.816. The van der Waals surface area contributed by atoms with Crippen molar-refractivity contribution in [3.8, 4) is 0 Å². The van der Waals surface area contributed by atoms with Crippen LogP contribution in [0, 0.1) is 13.8 Å². The maximum Gasteiger partial charge on any atom is 0.310 e. The number of carbonyl (C=O) groups excluding carboxylic acids is 1. The molecular weight excluding hydrogens is 268 g/mol. The number of carbonyl (C=O) groups is 1. The van der Waals surface area contributed by atoms with Crippen LogP contribution in [0.1, 0.15) is 29.2 Å². The summed E-state index contributed by atoms with van der Waals surface area (Å²) in [6, 6.07) is 4.19. The summed E-state index contributed by atoms with van der Waals surface area (Å²) in [5.74, 6) is -0.156. The third-order valence-corrected chi connectivity index (χ3v) is 3.16. The Labute approximate surface area is 105 Å². The summed E-state index contributed by atoms with van der Waals surface area (Å²) in [6.07, 6.45) is 0.362. The van der Waals surface area contributed by atoms with E-state index in [9.17, 15) is 4.79 Å². The first-order valence-corrected chi connectivity index (χ1v) is 6.51. The van der Waals surface area contributed by atoms with Crippen LogP contribution in [0.5, 0.6) is 0 Å². The van der Waals surface area contributed by atoms with E-state index in [1.165, 1.54) is 16.7 Å². The molecule has 0 bridgehead atoms. The molecular formula is C13H17BrO2. The predicted octanol–water partition coefficient (Wildman–Crippen LogP) is 3.30. The molecule has 0 saturated carbocycles. The number of aryl methyl sites for hydroxylation is 1. The SMILES string of the molecule is CCOC(=O)Cc1cc(C)cc(CBr)c1C. The largest absolute Gasteiger partial charge is 0.466 e. The topological polar surface area (TPSA) is 26.3 Å². The van der Waals surface area contributed by atoms with E-state index in [-0.39, 0.29) is 5.97 Å². The molecule has 0 aromatic heterocycles. The molecule has 0 spiro atoms. The van der Waals surface area contributed by atoms with Crippen LogP contribution < -0.4 is 0 Å². The zero-order valence-electron chi connectivity index (χ0n) is 9.97. The monoisotopic (exact) mass is 284 g/mol. The van der Waals surface area contributed by atoms with E-state index in [4.69, 9.17) is 4.74 Å². The van der Waals surface area contributed by atoms with E-state index >= 15 is 0 Å². The van der Waals surface area contributed by atoms with Gasteiger partial charge in [0, 0.05) is 5.33 Å². The highest BCUT2D eigenvalue weighted by molar-refractivity contribution is 9.08. The molecule has 0 aliphatic carbocycles. The van der Waals surface area contributed by atoms with Crippen molar-refractivity contribution >= 4 is 21.9 Å². The van der Waals surface area contributed by atoms with Crippen molar-refractivity contribution in [3.63, 3.8) is 0 Å². The molecule has 16 heavy (non-hydrogen) atoms. The summed E-state index contributed by atoms with van der Waals surface area (Å²) in [5.41, 5.74) is 4.65. The highest BCUT2D eigenvalue weighted by Gasteiger charge is 2.09. The molecule has 2 nitrogen and oxygen atoms in total. The van der Waals surface area contributed by atoms with Gasteiger partial charge in [-0.15, -0.1) is 0 Å². The van der Waals surface area contributed by atoms with Crippen molar-refractivity contribution in [1.29, 1.82) is 0 Å². The van der Waals surface area contributed by atoms with Crippen molar-refractivity contribution in [2.75, 3.05) is 6.61 Å². The molecule has 0 aliphatic heterocycles. The zero-order chi connectivity index (χ0) is 12.1. The fourth-order valence-corrected chi connectivity index (χ4v) is 2.29. The molecule has 1 aromatic carbocycles. The van der Waals surface area contributed by atoms with Gasteiger partial charge in [0.1, 0.15) is 0 Å². The Morgan fingerprint density at radius 2 is 1.94 bits per heavy atom. The second-order valence-electron chi connectivity index (χ2n) is 3.82. The highest BCUT2D eigenvalue weighted by Crippen LogP contribution is 2.20. The first-order chi connectivity index (χ1) is 7.58. The van der Waals surface area contributed by atoms with Gasteiger partial charge < -0.3 is 4.74 Å². The van der Waals surface area contributed by atoms with Crippen molar-refractivity contribution in [1.82, 2.24) is 0 Å². The lowest BCUT2D eigenvalue weighted by Gasteiger charge is -2.11. The highest BCUT2D eigenvalue weighted by atomic mass is 79.9. The Hall–Kier alpha value is -0.830. The third-order valence-electron chi connectivity index (χ3n) is 2.55. The van der Waals surface area contributed by atoms with Crippen LogP contribution in [-0.2, 0) is 21.3 Å². The molecule has 0 radical (unpaired) electrons. The van der Waals surface area contributed by atoms with E-state index in [1.54, 1.807) is 0 Å². The van der Waals surface area contributed by atoms with E-state index in [2.05, 4.69) is 28.1 Å². The molecule has 0 fully saturated rings. The third kappa shape index (κ3) is 3.34. The average molecular weight is 285 g/mol. The molecule has 0 unspecified atom stereocenters. The lowest BCUT2D eigenvalue weighted by Crippen LogP contribution is -2.09.